The maximum atomic E-state index is 12.9. The van der Waals surface area contributed by atoms with Crippen LogP contribution in [0.4, 0.5) is 5.69 Å². The lowest BCUT2D eigenvalue weighted by Gasteiger charge is -2.14. The molecule has 0 spiro atoms. The first kappa shape index (κ1) is 20.7. The lowest BCUT2D eigenvalue weighted by molar-refractivity contribution is -0.122. The summed E-state index contributed by atoms with van der Waals surface area (Å²) in [6, 6.07) is 13.0. The number of aliphatic imine (C=N–C) groups is 1. The Morgan fingerprint density at radius 3 is 2.68 bits per heavy atom. The van der Waals surface area contributed by atoms with Crippen LogP contribution in [-0.2, 0) is 9.53 Å². The van der Waals surface area contributed by atoms with E-state index in [0.29, 0.717) is 32.5 Å². The van der Waals surface area contributed by atoms with Crippen molar-refractivity contribution in [2.75, 3.05) is 27.4 Å². The second kappa shape index (κ2) is 9.44. The van der Waals surface area contributed by atoms with Crippen LogP contribution in [-0.4, -0.2) is 48.5 Å². The van der Waals surface area contributed by atoms with E-state index in [1.54, 1.807) is 30.2 Å². The molecule has 0 saturated carbocycles. The van der Waals surface area contributed by atoms with E-state index < -0.39 is 0 Å². The number of benzene rings is 2. The molecule has 1 heterocycles. The van der Waals surface area contributed by atoms with Gasteiger partial charge in [0.1, 0.15) is 0 Å². The van der Waals surface area contributed by atoms with Crippen molar-refractivity contribution >= 4 is 57.2 Å². The fourth-order valence-electron chi connectivity index (χ4n) is 2.57. The van der Waals surface area contributed by atoms with E-state index in [-0.39, 0.29) is 11.7 Å². The van der Waals surface area contributed by atoms with E-state index >= 15 is 0 Å². The molecule has 0 aliphatic carbocycles. The first-order valence-electron chi connectivity index (χ1n) is 8.44. The van der Waals surface area contributed by atoms with Crippen molar-refractivity contribution in [2.24, 2.45) is 4.99 Å². The highest BCUT2D eigenvalue weighted by molar-refractivity contribution is 14.1. The van der Waals surface area contributed by atoms with Crippen LogP contribution in [0.1, 0.15) is 5.56 Å². The quantitative estimate of drug-likeness (QED) is 0.465. The zero-order valence-corrected chi connectivity index (χ0v) is 18.4. The van der Waals surface area contributed by atoms with Gasteiger partial charge in [-0.25, -0.2) is 4.99 Å². The summed E-state index contributed by atoms with van der Waals surface area (Å²) >= 11 is 3.35. The number of para-hydroxylation sites is 1. The van der Waals surface area contributed by atoms with Crippen LogP contribution >= 0.6 is 34.4 Å². The molecule has 2 aromatic carbocycles. The minimum absolute atomic E-state index is 0.0868. The molecular weight excluding hydrogens is 491 g/mol. The Kier molecular flexibility index (Phi) is 6.97. The number of methoxy groups -OCH3 is 2. The second-order valence-electron chi connectivity index (χ2n) is 5.84. The number of thioether (sulfide) groups is 1. The molecule has 0 radical (unpaired) electrons. The van der Waals surface area contributed by atoms with E-state index in [9.17, 15) is 9.90 Å². The number of ether oxygens (including phenoxy) is 2. The maximum absolute atomic E-state index is 12.9. The van der Waals surface area contributed by atoms with Gasteiger partial charge in [-0.3, -0.25) is 9.69 Å². The minimum atomic E-state index is -0.126. The molecule has 0 unspecified atom stereocenters. The van der Waals surface area contributed by atoms with Gasteiger partial charge < -0.3 is 14.6 Å². The molecule has 0 bridgehead atoms. The predicted molar refractivity (Wildman–Crippen MR) is 120 cm³/mol. The zero-order chi connectivity index (χ0) is 20.1. The summed E-state index contributed by atoms with van der Waals surface area (Å²) in [6.45, 7) is 0.833. The average molecular weight is 510 g/mol. The molecule has 1 aliphatic heterocycles. The number of carbonyl (C=O) groups excluding carboxylic acids is 1. The second-order valence-corrected chi connectivity index (χ2v) is 8.02. The average Bonchev–Trinajstić information content (AvgIpc) is 2.98. The summed E-state index contributed by atoms with van der Waals surface area (Å²) in [4.78, 5) is 19.7. The van der Waals surface area contributed by atoms with Crippen molar-refractivity contribution in [3.8, 4) is 11.5 Å². The summed E-state index contributed by atoms with van der Waals surface area (Å²) < 4.78 is 11.0. The number of nitrogens with zero attached hydrogens (tertiary/aromatic N) is 2. The summed E-state index contributed by atoms with van der Waals surface area (Å²) in [5, 5.41) is 10.6. The monoisotopic (exact) mass is 510 g/mol. The minimum Gasteiger partial charge on any atom is -0.504 e. The Hall–Kier alpha value is -2.04. The topological polar surface area (TPSA) is 71.4 Å². The highest BCUT2D eigenvalue weighted by Crippen LogP contribution is 2.37. The number of rotatable bonds is 6. The molecule has 2 aromatic rings. The first-order chi connectivity index (χ1) is 13.5. The van der Waals surface area contributed by atoms with Crippen LogP contribution in [0.5, 0.6) is 11.5 Å². The Bertz CT molecular complexity index is 931. The number of phenols is 1. The number of hydrogen-bond donors (Lipinski definition) is 1. The van der Waals surface area contributed by atoms with Crippen LogP contribution in [0.3, 0.4) is 0 Å². The molecule has 0 atom stereocenters. The standard InChI is InChI=1S/C20H19IN2O4S/c1-26-9-8-23-19(25)17(28-20(23)22-14-6-4-3-5-7-14)12-13-10-15(21)18(24)16(11-13)27-2/h3-7,10-12,24H,8-9H2,1-2H3/b17-12-,22-20?. The first-order valence-corrected chi connectivity index (χ1v) is 10.3. The van der Waals surface area contributed by atoms with Gasteiger partial charge in [-0.2, -0.15) is 0 Å². The Labute approximate surface area is 181 Å². The number of halogens is 1. The lowest BCUT2D eigenvalue weighted by Crippen LogP contribution is -2.32. The van der Waals surface area contributed by atoms with Crippen LogP contribution in [0.2, 0.25) is 0 Å². The normalized spacial score (nSPS) is 17.0. The molecule has 1 aliphatic rings. The van der Waals surface area contributed by atoms with Gasteiger partial charge in [0, 0.05) is 7.11 Å². The fourth-order valence-corrected chi connectivity index (χ4v) is 4.22. The Morgan fingerprint density at radius 1 is 1.25 bits per heavy atom. The summed E-state index contributed by atoms with van der Waals surface area (Å²) in [6.07, 6.45) is 1.78. The number of aromatic hydroxyl groups is 1. The van der Waals surface area contributed by atoms with Crippen LogP contribution in [0.15, 0.2) is 52.4 Å². The van der Waals surface area contributed by atoms with Crippen molar-refractivity contribution in [3.63, 3.8) is 0 Å². The number of carbonyl (C=O) groups is 1. The fraction of sp³-hybridized carbons (Fsp3) is 0.200. The third kappa shape index (κ3) is 4.68. The van der Waals surface area contributed by atoms with E-state index in [1.165, 1.54) is 18.9 Å². The van der Waals surface area contributed by atoms with E-state index in [1.807, 2.05) is 52.9 Å². The van der Waals surface area contributed by atoms with Crippen LogP contribution in [0, 0.1) is 3.57 Å². The molecule has 146 valence electrons. The molecule has 1 saturated heterocycles. The van der Waals surface area contributed by atoms with E-state index in [2.05, 4.69) is 4.99 Å². The number of amidine groups is 1. The van der Waals surface area contributed by atoms with Crippen molar-refractivity contribution in [3.05, 3.63) is 56.5 Å². The summed E-state index contributed by atoms with van der Waals surface area (Å²) in [5.74, 6) is 0.325. The molecule has 28 heavy (non-hydrogen) atoms. The van der Waals surface area contributed by atoms with Crippen LogP contribution in [0.25, 0.3) is 6.08 Å². The highest BCUT2D eigenvalue weighted by atomic mass is 127. The predicted octanol–water partition coefficient (Wildman–Crippen LogP) is 4.26. The molecule has 1 N–H and O–H groups in total. The van der Waals surface area contributed by atoms with Gasteiger partial charge in [-0.05, 0) is 70.3 Å². The number of hydrogen-bond acceptors (Lipinski definition) is 6. The molecule has 6 nitrogen and oxygen atoms in total. The van der Waals surface area contributed by atoms with Gasteiger partial charge >= 0.3 is 0 Å². The molecule has 1 amide bonds. The van der Waals surface area contributed by atoms with Crippen molar-refractivity contribution < 1.29 is 19.4 Å². The molecular formula is C20H19IN2O4S. The Morgan fingerprint density at radius 2 is 2.00 bits per heavy atom. The van der Waals surface area contributed by atoms with Gasteiger partial charge in [0.05, 0.1) is 34.4 Å². The van der Waals surface area contributed by atoms with Crippen molar-refractivity contribution in [1.29, 1.82) is 0 Å². The largest absolute Gasteiger partial charge is 0.504 e. The van der Waals surface area contributed by atoms with Gasteiger partial charge in [0.15, 0.2) is 16.7 Å². The summed E-state index contributed by atoms with van der Waals surface area (Å²) in [7, 11) is 3.09. The zero-order valence-electron chi connectivity index (χ0n) is 15.4. The lowest BCUT2D eigenvalue weighted by atomic mass is 10.2. The summed E-state index contributed by atoms with van der Waals surface area (Å²) in [5.41, 5.74) is 1.55. The Balaban J connectivity index is 1.96. The maximum Gasteiger partial charge on any atom is 0.266 e. The van der Waals surface area contributed by atoms with Crippen molar-refractivity contribution in [1.82, 2.24) is 4.90 Å². The molecule has 3 rings (SSSR count). The molecule has 0 aromatic heterocycles. The van der Waals surface area contributed by atoms with Crippen LogP contribution < -0.4 is 4.74 Å². The third-order valence-corrected chi connectivity index (χ3v) is 5.79. The molecule has 8 heteroatoms. The number of amides is 1. The van der Waals surface area contributed by atoms with Gasteiger partial charge in [-0.15, -0.1) is 0 Å². The van der Waals surface area contributed by atoms with Gasteiger partial charge in [-0.1, -0.05) is 18.2 Å². The highest BCUT2D eigenvalue weighted by Gasteiger charge is 2.33. The van der Waals surface area contributed by atoms with Gasteiger partial charge in [0.25, 0.3) is 5.91 Å². The van der Waals surface area contributed by atoms with E-state index in [0.717, 1.165) is 11.3 Å². The van der Waals surface area contributed by atoms with Crippen molar-refractivity contribution in [2.45, 2.75) is 0 Å². The molecule has 1 fully saturated rings. The van der Waals surface area contributed by atoms with E-state index in [4.69, 9.17) is 9.47 Å². The third-order valence-electron chi connectivity index (χ3n) is 3.96. The number of phenolic OH excluding ortho intramolecular Hbond substituents is 1. The smallest absolute Gasteiger partial charge is 0.266 e. The SMILES string of the molecule is COCCN1C(=O)/C(=C/c2cc(I)c(O)c(OC)c2)SC1=Nc1ccccc1. The van der Waals surface area contributed by atoms with Gasteiger partial charge in [0.2, 0.25) is 0 Å².